The number of nitrogens with two attached hydrogens (primary N) is 1. The number of aryl methyl sites for hydroxylation is 2. The van der Waals surface area contributed by atoms with Gasteiger partial charge in [0.15, 0.2) is 5.75 Å². The Bertz CT molecular complexity index is 651. The molecule has 2 rings (SSSR count). The maximum absolute atomic E-state index is 12.3. The third-order valence-electron chi connectivity index (χ3n) is 3.12. The van der Waals surface area contributed by atoms with Crippen molar-refractivity contribution in [3.63, 3.8) is 0 Å². The molecule has 2 aromatic rings. The summed E-state index contributed by atoms with van der Waals surface area (Å²) in [5, 5.41) is 2.88. The van der Waals surface area contributed by atoms with Crippen molar-refractivity contribution in [1.29, 1.82) is 0 Å². The van der Waals surface area contributed by atoms with Gasteiger partial charge in [-0.2, -0.15) is 0 Å². The standard InChI is InChI=1S/C16H18N2O2/c1-10-7-8-14(11(2)9-10)18-16(19)12-5-4-6-13(17)15(12)20-3/h4-9H,17H2,1-3H3,(H,18,19). The van der Waals surface area contributed by atoms with E-state index in [9.17, 15) is 4.79 Å². The number of nitrogens with one attached hydrogen (secondary N) is 1. The number of carbonyl (C=O) groups is 1. The molecule has 0 aromatic heterocycles. The minimum absolute atomic E-state index is 0.235. The zero-order chi connectivity index (χ0) is 14.7. The highest BCUT2D eigenvalue weighted by Crippen LogP contribution is 2.27. The molecule has 0 aliphatic heterocycles. The largest absolute Gasteiger partial charge is 0.494 e. The Labute approximate surface area is 118 Å². The van der Waals surface area contributed by atoms with E-state index in [1.54, 1.807) is 18.2 Å². The van der Waals surface area contributed by atoms with Gasteiger partial charge in [0, 0.05) is 5.69 Å². The highest BCUT2D eigenvalue weighted by atomic mass is 16.5. The molecule has 20 heavy (non-hydrogen) atoms. The Balaban J connectivity index is 2.31. The molecule has 0 heterocycles. The van der Waals surface area contributed by atoms with Gasteiger partial charge in [-0.25, -0.2) is 0 Å². The van der Waals surface area contributed by atoms with Crippen LogP contribution in [-0.4, -0.2) is 13.0 Å². The van der Waals surface area contributed by atoms with Crippen molar-refractivity contribution < 1.29 is 9.53 Å². The molecule has 0 aliphatic rings. The van der Waals surface area contributed by atoms with E-state index in [2.05, 4.69) is 5.32 Å². The summed E-state index contributed by atoms with van der Waals surface area (Å²) in [7, 11) is 1.50. The fourth-order valence-corrected chi connectivity index (χ4v) is 2.10. The first-order chi connectivity index (χ1) is 9.52. The molecule has 0 aliphatic carbocycles. The van der Waals surface area contributed by atoms with E-state index in [-0.39, 0.29) is 5.91 Å². The quantitative estimate of drug-likeness (QED) is 0.842. The molecule has 4 nitrogen and oxygen atoms in total. The number of hydrogen-bond acceptors (Lipinski definition) is 3. The van der Waals surface area contributed by atoms with Crippen LogP contribution < -0.4 is 15.8 Å². The third-order valence-corrected chi connectivity index (χ3v) is 3.12. The van der Waals surface area contributed by atoms with Gasteiger partial charge in [-0.3, -0.25) is 4.79 Å². The van der Waals surface area contributed by atoms with Gasteiger partial charge in [-0.05, 0) is 37.6 Å². The molecule has 4 heteroatoms. The van der Waals surface area contributed by atoms with Crippen LogP contribution in [0.3, 0.4) is 0 Å². The molecule has 0 fully saturated rings. The predicted molar refractivity (Wildman–Crippen MR) is 81.3 cm³/mol. The van der Waals surface area contributed by atoms with Crippen LogP contribution in [0.4, 0.5) is 11.4 Å². The predicted octanol–water partition coefficient (Wildman–Crippen LogP) is 3.15. The number of benzene rings is 2. The van der Waals surface area contributed by atoms with Crippen LogP contribution in [0.5, 0.6) is 5.75 Å². The number of ether oxygens (including phenoxy) is 1. The lowest BCUT2D eigenvalue weighted by Crippen LogP contribution is -2.14. The minimum Gasteiger partial charge on any atom is -0.494 e. The summed E-state index contributed by atoms with van der Waals surface area (Å²) in [5.74, 6) is 0.163. The van der Waals surface area contributed by atoms with Crippen LogP contribution in [0.25, 0.3) is 0 Å². The second-order valence-electron chi connectivity index (χ2n) is 4.70. The van der Waals surface area contributed by atoms with Crippen LogP contribution in [-0.2, 0) is 0 Å². The second-order valence-corrected chi connectivity index (χ2v) is 4.70. The topological polar surface area (TPSA) is 64.3 Å². The highest BCUT2D eigenvalue weighted by molar-refractivity contribution is 6.07. The monoisotopic (exact) mass is 270 g/mol. The molecule has 0 atom stereocenters. The number of methoxy groups -OCH3 is 1. The zero-order valence-corrected chi connectivity index (χ0v) is 11.9. The second kappa shape index (κ2) is 5.65. The van der Waals surface area contributed by atoms with Gasteiger partial charge in [0.25, 0.3) is 5.91 Å². The lowest BCUT2D eigenvalue weighted by molar-refractivity contribution is 0.102. The summed E-state index contributed by atoms with van der Waals surface area (Å²) >= 11 is 0. The fourth-order valence-electron chi connectivity index (χ4n) is 2.10. The number of para-hydroxylation sites is 1. The summed E-state index contributed by atoms with van der Waals surface area (Å²) in [6.07, 6.45) is 0. The summed E-state index contributed by atoms with van der Waals surface area (Å²) in [6, 6.07) is 11.0. The summed E-state index contributed by atoms with van der Waals surface area (Å²) in [5.41, 5.74) is 9.63. The van der Waals surface area contributed by atoms with Crippen LogP contribution in [0.1, 0.15) is 21.5 Å². The van der Waals surface area contributed by atoms with Gasteiger partial charge in [-0.1, -0.05) is 23.8 Å². The number of amides is 1. The van der Waals surface area contributed by atoms with Gasteiger partial charge in [-0.15, -0.1) is 0 Å². The SMILES string of the molecule is COc1c(N)cccc1C(=O)Nc1ccc(C)cc1C. The molecule has 0 saturated heterocycles. The van der Waals surface area contributed by atoms with Crippen molar-refractivity contribution in [2.45, 2.75) is 13.8 Å². The van der Waals surface area contributed by atoms with Crippen molar-refractivity contribution in [3.05, 3.63) is 53.1 Å². The first-order valence-corrected chi connectivity index (χ1v) is 6.34. The molecule has 0 saturated carbocycles. The van der Waals surface area contributed by atoms with E-state index in [1.807, 2.05) is 32.0 Å². The van der Waals surface area contributed by atoms with Gasteiger partial charge in [0.05, 0.1) is 18.4 Å². The van der Waals surface area contributed by atoms with Crippen molar-refractivity contribution in [2.75, 3.05) is 18.2 Å². The van der Waals surface area contributed by atoms with Crippen molar-refractivity contribution in [2.24, 2.45) is 0 Å². The molecule has 0 bridgehead atoms. The molecule has 1 amide bonds. The molecule has 0 radical (unpaired) electrons. The molecule has 3 N–H and O–H groups in total. The van der Waals surface area contributed by atoms with Crippen molar-refractivity contribution in [1.82, 2.24) is 0 Å². The molecule has 0 unspecified atom stereocenters. The molecule has 2 aromatic carbocycles. The van der Waals surface area contributed by atoms with Crippen LogP contribution in [0.15, 0.2) is 36.4 Å². The molecule has 0 spiro atoms. The van der Waals surface area contributed by atoms with Crippen LogP contribution in [0.2, 0.25) is 0 Å². The average Bonchev–Trinajstić information content (AvgIpc) is 2.41. The Kier molecular flexibility index (Phi) is 3.94. The highest BCUT2D eigenvalue weighted by Gasteiger charge is 2.15. The summed E-state index contributed by atoms with van der Waals surface area (Å²) < 4.78 is 5.20. The normalized spacial score (nSPS) is 10.2. The molecular formula is C16H18N2O2. The first kappa shape index (κ1) is 13.9. The van der Waals surface area contributed by atoms with Crippen LogP contribution >= 0.6 is 0 Å². The number of rotatable bonds is 3. The fraction of sp³-hybridized carbons (Fsp3) is 0.188. The molecule has 104 valence electrons. The zero-order valence-electron chi connectivity index (χ0n) is 11.9. The maximum atomic E-state index is 12.3. The van der Waals surface area contributed by atoms with Crippen LogP contribution in [0, 0.1) is 13.8 Å². The van der Waals surface area contributed by atoms with Gasteiger partial charge in [0.1, 0.15) is 0 Å². The average molecular weight is 270 g/mol. The number of nitrogen functional groups attached to an aromatic ring is 1. The van der Waals surface area contributed by atoms with E-state index in [0.29, 0.717) is 17.0 Å². The lowest BCUT2D eigenvalue weighted by atomic mass is 10.1. The maximum Gasteiger partial charge on any atom is 0.259 e. The Morgan fingerprint density at radius 3 is 2.60 bits per heavy atom. The van der Waals surface area contributed by atoms with Crippen molar-refractivity contribution in [3.8, 4) is 5.75 Å². The Morgan fingerprint density at radius 1 is 1.20 bits per heavy atom. The number of carbonyl (C=O) groups excluding carboxylic acids is 1. The van der Waals surface area contributed by atoms with E-state index in [1.165, 1.54) is 7.11 Å². The lowest BCUT2D eigenvalue weighted by Gasteiger charge is -2.12. The van der Waals surface area contributed by atoms with Gasteiger partial charge < -0.3 is 15.8 Å². The Hall–Kier alpha value is -2.49. The van der Waals surface area contributed by atoms with E-state index >= 15 is 0 Å². The summed E-state index contributed by atoms with van der Waals surface area (Å²) in [4.78, 5) is 12.3. The first-order valence-electron chi connectivity index (χ1n) is 6.34. The molecular weight excluding hydrogens is 252 g/mol. The number of hydrogen-bond donors (Lipinski definition) is 2. The van der Waals surface area contributed by atoms with E-state index in [0.717, 1.165) is 16.8 Å². The summed E-state index contributed by atoms with van der Waals surface area (Å²) in [6.45, 7) is 3.97. The van der Waals surface area contributed by atoms with Gasteiger partial charge >= 0.3 is 0 Å². The van der Waals surface area contributed by atoms with E-state index < -0.39 is 0 Å². The minimum atomic E-state index is -0.235. The Morgan fingerprint density at radius 2 is 1.95 bits per heavy atom. The smallest absolute Gasteiger partial charge is 0.259 e. The number of anilines is 2. The van der Waals surface area contributed by atoms with Gasteiger partial charge in [0.2, 0.25) is 0 Å². The van der Waals surface area contributed by atoms with E-state index in [4.69, 9.17) is 10.5 Å². The third kappa shape index (κ3) is 2.74. The van der Waals surface area contributed by atoms with Crippen molar-refractivity contribution >= 4 is 17.3 Å².